The smallest absolute Gasteiger partial charge is 0.135 e. The van der Waals surface area contributed by atoms with Gasteiger partial charge in [-0.1, -0.05) is 120 Å². The van der Waals surface area contributed by atoms with Crippen molar-refractivity contribution in [3.8, 4) is 22.3 Å². The Balaban J connectivity index is 1.45. The van der Waals surface area contributed by atoms with Crippen molar-refractivity contribution in [2.45, 2.75) is 19.3 Å². The highest BCUT2D eigenvalue weighted by molar-refractivity contribution is 6.09. The van der Waals surface area contributed by atoms with Crippen molar-refractivity contribution in [1.82, 2.24) is 0 Å². The van der Waals surface area contributed by atoms with Crippen LogP contribution in [-0.2, 0) is 5.41 Å². The van der Waals surface area contributed by atoms with E-state index < -0.39 is 5.41 Å². The van der Waals surface area contributed by atoms with Crippen LogP contribution in [0.5, 0.6) is 0 Å². The van der Waals surface area contributed by atoms with Crippen LogP contribution in [0.25, 0.3) is 44.2 Å². The van der Waals surface area contributed by atoms with E-state index in [2.05, 4.69) is 147 Å². The molecule has 1 nitrogen and oxygen atoms in total. The van der Waals surface area contributed by atoms with Crippen LogP contribution in [0.4, 0.5) is 0 Å². The second-order valence-electron chi connectivity index (χ2n) is 11.1. The molecule has 0 unspecified atom stereocenters. The van der Waals surface area contributed by atoms with E-state index in [4.69, 9.17) is 4.42 Å². The molecule has 7 aromatic rings. The van der Waals surface area contributed by atoms with E-state index in [-0.39, 0.29) is 0 Å². The van der Waals surface area contributed by atoms with Crippen molar-refractivity contribution in [2.75, 3.05) is 0 Å². The van der Waals surface area contributed by atoms with Gasteiger partial charge in [0.05, 0.1) is 5.41 Å². The minimum atomic E-state index is -0.425. The van der Waals surface area contributed by atoms with Gasteiger partial charge in [0.15, 0.2) is 0 Å². The summed E-state index contributed by atoms with van der Waals surface area (Å²) in [5.74, 6) is 0. The Morgan fingerprint density at radius 1 is 0.450 bits per heavy atom. The van der Waals surface area contributed by atoms with Crippen molar-refractivity contribution < 1.29 is 4.42 Å². The lowest BCUT2D eigenvalue weighted by Gasteiger charge is -2.33. The van der Waals surface area contributed by atoms with Gasteiger partial charge in [-0.25, -0.2) is 0 Å². The number of furan rings is 1. The minimum absolute atomic E-state index is 0.425. The molecule has 8 rings (SSSR count). The molecule has 0 amide bonds. The quantitative estimate of drug-likeness (QED) is 0.229. The topological polar surface area (TPSA) is 13.1 Å². The Bertz CT molecular complexity index is 2000. The lowest BCUT2D eigenvalue weighted by molar-refractivity contribution is 0.666. The second-order valence-corrected chi connectivity index (χ2v) is 11.1. The van der Waals surface area contributed by atoms with Crippen LogP contribution in [-0.4, -0.2) is 0 Å². The molecule has 40 heavy (non-hydrogen) atoms. The van der Waals surface area contributed by atoms with E-state index in [0.717, 1.165) is 21.9 Å². The van der Waals surface area contributed by atoms with E-state index in [9.17, 15) is 0 Å². The van der Waals surface area contributed by atoms with E-state index in [1.807, 2.05) is 0 Å². The second kappa shape index (κ2) is 8.56. The third-order valence-corrected chi connectivity index (χ3v) is 8.60. The maximum atomic E-state index is 6.58. The fourth-order valence-electron chi connectivity index (χ4n) is 7.03. The highest BCUT2D eigenvalue weighted by atomic mass is 16.3. The number of aryl methyl sites for hydroxylation is 2. The van der Waals surface area contributed by atoms with Crippen LogP contribution < -0.4 is 0 Å². The van der Waals surface area contributed by atoms with Gasteiger partial charge in [-0.05, 0) is 82.6 Å². The molecule has 0 bridgehead atoms. The standard InChI is InChI=1S/C39H28O/c1-25-19-26(2)21-28(20-25)27-17-18-37-33(22-27)34-23-32-31-15-9-10-16-35(31)39(29-11-5-3-6-12-29,30-13-7-4-8-14-30)36(32)24-38(34)40-37/h3-24H,1-2H3. The van der Waals surface area contributed by atoms with Crippen LogP contribution in [0, 0.1) is 13.8 Å². The summed E-state index contributed by atoms with van der Waals surface area (Å²) in [6, 6.07) is 48.8. The zero-order chi connectivity index (χ0) is 26.8. The Hall–Kier alpha value is -4.88. The van der Waals surface area contributed by atoms with Gasteiger partial charge in [0, 0.05) is 10.8 Å². The summed E-state index contributed by atoms with van der Waals surface area (Å²) < 4.78 is 6.58. The van der Waals surface area contributed by atoms with Crippen LogP contribution in [0.15, 0.2) is 138 Å². The third kappa shape index (κ3) is 3.21. The van der Waals surface area contributed by atoms with Crippen molar-refractivity contribution in [3.63, 3.8) is 0 Å². The zero-order valence-corrected chi connectivity index (χ0v) is 22.6. The van der Waals surface area contributed by atoms with Gasteiger partial charge < -0.3 is 4.42 Å². The first-order chi connectivity index (χ1) is 19.6. The predicted molar refractivity (Wildman–Crippen MR) is 166 cm³/mol. The van der Waals surface area contributed by atoms with Gasteiger partial charge in [-0.3, -0.25) is 0 Å². The summed E-state index contributed by atoms with van der Waals surface area (Å²) >= 11 is 0. The SMILES string of the molecule is Cc1cc(C)cc(-c2ccc3oc4cc5c(cc4c3c2)-c2ccccc2C5(c2ccccc2)c2ccccc2)c1. The summed E-state index contributed by atoms with van der Waals surface area (Å²) in [7, 11) is 0. The molecule has 1 aliphatic rings. The number of hydrogen-bond donors (Lipinski definition) is 0. The van der Waals surface area contributed by atoms with Crippen molar-refractivity contribution in [1.29, 1.82) is 0 Å². The summed E-state index contributed by atoms with van der Waals surface area (Å²) in [5, 5.41) is 2.32. The molecule has 1 aliphatic carbocycles. The molecule has 0 saturated carbocycles. The molecular formula is C39H28O. The van der Waals surface area contributed by atoms with Crippen LogP contribution in [0.2, 0.25) is 0 Å². The van der Waals surface area contributed by atoms with E-state index in [0.29, 0.717) is 0 Å². The fraction of sp³-hybridized carbons (Fsp3) is 0.0769. The van der Waals surface area contributed by atoms with Crippen LogP contribution in [0.3, 0.4) is 0 Å². The Morgan fingerprint density at radius 2 is 1.07 bits per heavy atom. The Labute approximate surface area is 234 Å². The van der Waals surface area contributed by atoms with Gasteiger partial charge in [0.25, 0.3) is 0 Å². The maximum Gasteiger partial charge on any atom is 0.135 e. The summed E-state index contributed by atoms with van der Waals surface area (Å²) in [6.45, 7) is 4.32. The number of fused-ring (bicyclic) bond motifs is 6. The molecule has 0 aliphatic heterocycles. The lowest BCUT2D eigenvalue weighted by atomic mass is 9.67. The molecule has 0 spiro atoms. The van der Waals surface area contributed by atoms with Crippen molar-refractivity contribution in [2.24, 2.45) is 0 Å². The van der Waals surface area contributed by atoms with Gasteiger partial charge >= 0.3 is 0 Å². The highest BCUT2D eigenvalue weighted by Crippen LogP contribution is 2.57. The van der Waals surface area contributed by atoms with Crippen LogP contribution in [0.1, 0.15) is 33.4 Å². The number of rotatable bonds is 3. The van der Waals surface area contributed by atoms with E-state index in [1.165, 1.54) is 55.6 Å². The highest BCUT2D eigenvalue weighted by Gasteiger charge is 2.46. The largest absolute Gasteiger partial charge is 0.456 e. The Morgan fingerprint density at radius 3 is 1.77 bits per heavy atom. The van der Waals surface area contributed by atoms with E-state index in [1.54, 1.807) is 0 Å². The molecule has 0 saturated heterocycles. The molecule has 190 valence electrons. The minimum Gasteiger partial charge on any atom is -0.456 e. The number of benzene rings is 6. The zero-order valence-electron chi connectivity index (χ0n) is 22.6. The first-order valence-electron chi connectivity index (χ1n) is 13.9. The molecule has 1 heterocycles. The average molecular weight is 513 g/mol. The molecule has 0 radical (unpaired) electrons. The predicted octanol–water partition coefficient (Wildman–Crippen LogP) is 10.2. The monoisotopic (exact) mass is 512 g/mol. The van der Waals surface area contributed by atoms with E-state index >= 15 is 0 Å². The molecule has 6 aromatic carbocycles. The summed E-state index contributed by atoms with van der Waals surface area (Å²) in [6.07, 6.45) is 0. The summed E-state index contributed by atoms with van der Waals surface area (Å²) in [5.41, 5.74) is 14.1. The molecular weight excluding hydrogens is 484 g/mol. The van der Waals surface area contributed by atoms with Gasteiger partial charge in [-0.15, -0.1) is 0 Å². The van der Waals surface area contributed by atoms with Crippen LogP contribution >= 0.6 is 0 Å². The van der Waals surface area contributed by atoms with Crippen molar-refractivity contribution in [3.05, 3.63) is 167 Å². The first kappa shape index (κ1) is 23.0. The third-order valence-electron chi connectivity index (χ3n) is 8.60. The molecule has 0 N–H and O–H groups in total. The number of hydrogen-bond acceptors (Lipinski definition) is 1. The molecule has 0 atom stereocenters. The summed E-state index contributed by atoms with van der Waals surface area (Å²) in [4.78, 5) is 0. The first-order valence-corrected chi connectivity index (χ1v) is 13.9. The van der Waals surface area contributed by atoms with Crippen molar-refractivity contribution >= 4 is 21.9 Å². The fourth-order valence-corrected chi connectivity index (χ4v) is 7.03. The lowest BCUT2D eigenvalue weighted by Crippen LogP contribution is -2.28. The Kier molecular flexibility index (Phi) is 4.93. The molecule has 1 aromatic heterocycles. The normalized spacial score (nSPS) is 13.4. The maximum absolute atomic E-state index is 6.58. The molecule has 1 heteroatoms. The average Bonchev–Trinajstić information content (AvgIpc) is 3.49. The van der Waals surface area contributed by atoms with Gasteiger partial charge in [0.2, 0.25) is 0 Å². The van der Waals surface area contributed by atoms with Gasteiger partial charge in [0.1, 0.15) is 11.2 Å². The van der Waals surface area contributed by atoms with Gasteiger partial charge in [-0.2, -0.15) is 0 Å². The molecule has 0 fully saturated rings.